The summed E-state index contributed by atoms with van der Waals surface area (Å²) in [5, 5.41) is 8.06. The lowest BCUT2D eigenvalue weighted by molar-refractivity contribution is -0.150. The molecule has 6 nitrogen and oxygen atoms in total. The van der Waals surface area contributed by atoms with Crippen LogP contribution in [0, 0.1) is 23.6 Å². The quantitative estimate of drug-likeness (QED) is 0.472. The fourth-order valence-electron chi connectivity index (χ4n) is 6.96. The first-order valence-corrected chi connectivity index (χ1v) is 13.4. The van der Waals surface area contributed by atoms with E-state index in [2.05, 4.69) is 17.4 Å². The number of nitrogens with one attached hydrogen (secondary N) is 1. The molecule has 3 unspecified atom stereocenters. The highest BCUT2D eigenvalue weighted by Crippen LogP contribution is 2.49. The summed E-state index contributed by atoms with van der Waals surface area (Å²) in [5.74, 6) is -0.421. The first-order chi connectivity index (χ1) is 18.0. The second-order valence-corrected chi connectivity index (χ2v) is 10.6. The van der Waals surface area contributed by atoms with Crippen LogP contribution in [0.15, 0.2) is 54.6 Å². The lowest BCUT2D eigenvalue weighted by Crippen LogP contribution is -2.47. The largest absolute Gasteiger partial charge is 0.466 e. The van der Waals surface area contributed by atoms with E-state index < -0.39 is 0 Å². The Bertz CT molecular complexity index is 1300. The third-order valence-corrected chi connectivity index (χ3v) is 8.53. The molecule has 3 aliphatic carbocycles. The van der Waals surface area contributed by atoms with Crippen LogP contribution < -0.4 is 5.32 Å². The van der Waals surface area contributed by atoms with E-state index >= 15 is 0 Å². The molecule has 0 saturated heterocycles. The van der Waals surface area contributed by atoms with Gasteiger partial charge < -0.3 is 10.1 Å². The van der Waals surface area contributed by atoms with Crippen LogP contribution in [0.4, 0.5) is 4.39 Å². The van der Waals surface area contributed by atoms with Gasteiger partial charge in [-0.2, -0.15) is 5.10 Å². The van der Waals surface area contributed by atoms with Crippen LogP contribution in [0.5, 0.6) is 0 Å². The van der Waals surface area contributed by atoms with Gasteiger partial charge in [0.25, 0.3) is 5.91 Å². The zero-order valence-electron chi connectivity index (χ0n) is 21.0. The highest BCUT2D eigenvalue weighted by molar-refractivity contribution is 5.95. The number of nitrogens with zero attached hydrogens (tertiary/aromatic N) is 2. The Morgan fingerprint density at radius 2 is 1.81 bits per heavy atom. The second kappa shape index (κ2) is 9.77. The predicted octanol–water partition coefficient (Wildman–Crippen LogP) is 5.19. The molecule has 7 heteroatoms. The average Bonchev–Trinajstić information content (AvgIpc) is 3.63. The summed E-state index contributed by atoms with van der Waals surface area (Å²) in [4.78, 5) is 26.6. The standard InChI is InChI=1S/C30H32FN3O3/c1-2-37-30(36)25-19-11-12-20(17-19)26(25)32-29(35)27-24-10-6-9-23(18-7-4-3-5-8-18)28(24)34(33-27)22-15-13-21(31)14-16-22/h3-5,7-8,13-16,19-20,23,25-26H,2,6,9-12,17H2,1H3,(H,32,35)/t19?,20?,23?,25-,26+/m0/s1. The predicted molar refractivity (Wildman–Crippen MR) is 137 cm³/mol. The molecular weight excluding hydrogens is 469 g/mol. The molecule has 3 aliphatic rings. The number of esters is 1. The number of fused-ring (bicyclic) bond motifs is 3. The average molecular weight is 502 g/mol. The molecule has 1 amide bonds. The molecule has 1 N–H and O–H groups in total. The number of carbonyl (C=O) groups is 2. The number of carbonyl (C=O) groups excluding carboxylic acids is 2. The molecule has 1 aromatic heterocycles. The van der Waals surface area contributed by atoms with E-state index in [0.717, 1.165) is 55.5 Å². The lowest BCUT2D eigenvalue weighted by Gasteiger charge is -2.30. The maximum Gasteiger partial charge on any atom is 0.311 e. The van der Waals surface area contributed by atoms with Crippen molar-refractivity contribution < 1.29 is 18.7 Å². The normalized spacial score (nSPS) is 26.1. The van der Waals surface area contributed by atoms with Crippen LogP contribution in [0.2, 0.25) is 0 Å². The molecule has 2 aromatic carbocycles. The van der Waals surface area contributed by atoms with E-state index in [-0.39, 0.29) is 47.4 Å². The molecule has 1 heterocycles. The molecule has 0 radical (unpaired) electrons. The maximum atomic E-state index is 13.8. The zero-order chi connectivity index (χ0) is 25.5. The highest BCUT2D eigenvalue weighted by atomic mass is 19.1. The van der Waals surface area contributed by atoms with Crippen LogP contribution in [-0.2, 0) is 16.0 Å². The molecule has 192 valence electrons. The first kappa shape index (κ1) is 23.9. The van der Waals surface area contributed by atoms with Gasteiger partial charge in [0.15, 0.2) is 5.69 Å². The summed E-state index contributed by atoms with van der Waals surface area (Å²) in [6.07, 6.45) is 5.62. The van der Waals surface area contributed by atoms with Crippen LogP contribution in [-0.4, -0.2) is 34.3 Å². The van der Waals surface area contributed by atoms with Gasteiger partial charge in [-0.15, -0.1) is 0 Å². The fourth-order valence-corrected chi connectivity index (χ4v) is 6.96. The molecule has 2 bridgehead atoms. The topological polar surface area (TPSA) is 73.2 Å². The van der Waals surface area contributed by atoms with Crippen molar-refractivity contribution in [2.45, 2.75) is 57.4 Å². The number of halogens is 1. The fraction of sp³-hybridized carbons (Fsp3) is 0.433. The second-order valence-electron chi connectivity index (χ2n) is 10.6. The minimum atomic E-state index is -0.316. The van der Waals surface area contributed by atoms with Gasteiger partial charge >= 0.3 is 5.97 Å². The van der Waals surface area contributed by atoms with E-state index in [9.17, 15) is 14.0 Å². The Morgan fingerprint density at radius 3 is 2.57 bits per heavy atom. The van der Waals surface area contributed by atoms with Gasteiger partial charge in [0.1, 0.15) is 5.82 Å². The highest BCUT2D eigenvalue weighted by Gasteiger charge is 2.52. The monoisotopic (exact) mass is 501 g/mol. The minimum Gasteiger partial charge on any atom is -0.466 e. The molecule has 6 rings (SSSR count). The summed E-state index contributed by atoms with van der Waals surface area (Å²) >= 11 is 0. The molecule has 0 aliphatic heterocycles. The minimum absolute atomic E-state index is 0.0822. The van der Waals surface area contributed by atoms with Crippen molar-refractivity contribution in [2.75, 3.05) is 6.61 Å². The van der Waals surface area contributed by atoms with Crippen molar-refractivity contribution in [1.82, 2.24) is 15.1 Å². The number of benzene rings is 2. The Kier molecular flexibility index (Phi) is 6.31. The maximum absolute atomic E-state index is 13.8. The molecule has 37 heavy (non-hydrogen) atoms. The number of rotatable bonds is 6. The third kappa shape index (κ3) is 4.24. The lowest BCUT2D eigenvalue weighted by atomic mass is 9.81. The number of amides is 1. The summed E-state index contributed by atoms with van der Waals surface area (Å²) < 4.78 is 20.9. The summed E-state index contributed by atoms with van der Waals surface area (Å²) in [6.45, 7) is 2.15. The summed E-state index contributed by atoms with van der Waals surface area (Å²) in [6, 6.07) is 16.3. The Hall–Kier alpha value is -3.48. The number of hydrogen-bond acceptors (Lipinski definition) is 4. The van der Waals surface area contributed by atoms with Crippen molar-refractivity contribution in [2.24, 2.45) is 17.8 Å². The van der Waals surface area contributed by atoms with Gasteiger partial charge in [-0.1, -0.05) is 30.3 Å². The number of ether oxygens (including phenoxy) is 1. The molecule has 2 saturated carbocycles. The third-order valence-electron chi connectivity index (χ3n) is 8.53. The van der Waals surface area contributed by atoms with Gasteiger partial charge in [0.05, 0.1) is 23.9 Å². The molecular formula is C30H32FN3O3. The zero-order valence-corrected chi connectivity index (χ0v) is 21.0. The Morgan fingerprint density at radius 1 is 1.05 bits per heavy atom. The summed E-state index contributed by atoms with van der Waals surface area (Å²) in [5.41, 5.74) is 4.24. The van der Waals surface area contributed by atoms with Crippen molar-refractivity contribution in [3.63, 3.8) is 0 Å². The van der Waals surface area contributed by atoms with Crippen LogP contribution >= 0.6 is 0 Å². The van der Waals surface area contributed by atoms with Crippen molar-refractivity contribution in [3.8, 4) is 5.69 Å². The molecule has 0 spiro atoms. The van der Waals surface area contributed by atoms with Crippen LogP contribution in [0.3, 0.4) is 0 Å². The van der Waals surface area contributed by atoms with Crippen LogP contribution in [0.1, 0.15) is 72.3 Å². The van der Waals surface area contributed by atoms with Gasteiger partial charge in [0, 0.05) is 17.5 Å². The first-order valence-electron chi connectivity index (χ1n) is 13.4. The van der Waals surface area contributed by atoms with E-state index in [1.165, 1.54) is 17.7 Å². The number of hydrogen-bond donors (Lipinski definition) is 1. The van der Waals surface area contributed by atoms with E-state index in [1.54, 1.807) is 12.1 Å². The van der Waals surface area contributed by atoms with Gasteiger partial charge in [0.2, 0.25) is 0 Å². The van der Waals surface area contributed by atoms with Crippen molar-refractivity contribution in [3.05, 3.63) is 82.9 Å². The van der Waals surface area contributed by atoms with Gasteiger partial charge in [-0.05, 0) is 87.1 Å². The van der Waals surface area contributed by atoms with E-state index in [1.807, 2.05) is 29.8 Å². The van der Waals surface area contributed by atoms with Crippen molar-refractivity contribution >= 4 is 11.9 Å². The number of aromatic nitrogens is 2. The SMILES string of the molecule is CCOC(=O)[C@H]1C2CCC(C2)[C@H]1NC(=O)c1nn(-c2ccc(F)cc2)c2c1CCCC2c1ccccc1. The van der Waals surface area contributed by atoms with Gasteiger partial charge in [-0.25, -0.2) is 9.07 Å². The smallest absolute Gasteiger partial charge is 0.311 e. The molecule has 5 atom stereocenters. The molecule has 2 fully saturated rings. The van der Waals surface area contributed by atoms with Gasteiger partial charge in [-0.3, -0.25) is 9.59 Å². The van der Waals surface area contributed by atoms with Crippen LogP contribution in [0.25, 0.3) is 5.69 Å². The Labute approximate surface area is 216 Å². The summed E-state index contributed by atoms with van der Waals surface area (Å²) in [7, 11) is 0. The van der Waals surface area contributed by atoms with Crippen molar-refractivity contribution in [1.29, 1.82) is 0 Å². The van der Waals surface area contributed by atoms with E-state index in [4.69, 9.17) is 9.84 Å². The Balaban J connectivity index is 1.39. The van der Waals surface area contributed by atoms with E-state index in [0.29, 0.717) is 12.3 Å². The molecule has 3 aromatic rings.